The van der Waals surface area contributed by atoms with E-state index in [2.05, 4.69) is 0 Å². The Hall–Kier alpha value is -1.77. The van der Waals surface area contributed by atoms with E-state index in [1.807, 2.05) is 26.8 Å². The highest BCUT2D eigenvalue weighted by Crippen LogP contribution is 2.36. The Labute approximate surface area is 94.4 Å². The fraction of sp³-hybridized carbons (Fsp3) is 0.308. The number of aromatic carboxylic acids is 1. The Morgan fingerprint density at radius 2 is 2.06 bits per heavy atom. The van der Waals surface area contributed by atoms with Crippen molar-refractivity contribution in [1.29, 1.82) is 0 Å². The lowest BCUT2D eigenvalue weighted by Crippen LogP contribution is -2.28. The minimum absolute atomic E-state index is 0.287. The Bertz CT molecular complexity index is 484. The van der Waals surface area contributed by atoms with Gasteiger partial charge in [0, 0.05) is 5.56 Å². The number of fused-ring (bicyclic) bond motifs is 1. The van der Waals surface area contributed by atoms with Crippen LogP contribution in [0.4, 0.5) is 0 Å². The second kappa shape index (κ2) is 3.37. The normalized spacial score (nSPS) is 17.1. The van der Waals surface area contributed by atoms with Gasteiger partial charge in [0.25, 0.3) is 0 Å². The molecule has 0 spiro atoms. The third kappa shape index (κ3) is 1.81. The molecule has 3 nitrogen and oxygen atoms in total. The van der Waals surface area contributed by atoms with Gasteiger partial charge < -0.3 is 9.84 Å². The van der Waals surface area contributed by atoms with E-state index in [0.29, 0.717) is 0 Å². The molecule has 0 saturated heterocycles. The van der Waals surface area contributed by atoms with Crippen molar-refractivity contribution >= 4 is 11.5 Å². The first-order valence-corrected chi connectivity index (χ1v) is 5.15. The molecule has 0 unspecified atom stereocenters. The van der Waals surface area contributed by atoms with E-state index in [0.717, 1.165) is 16.9 Å². The maximum Gasteiger partial charge on any atom is 0.335 e. The summed E-state index contributed by atoms with van der Waals surface area (Å²) in [5, 5.41) is 8.92. The summed E-state index contributed by atoms with van der Waals surface area (Å²) in [7, 11) is 0. The van der Waals surface area contributed by atoms with E-state index in [-0.39, 0.29) is 11.2 Å². The van der Waals surface area contributed by atoms with Crippen LogP contribution in [0.15, 0.2) is 24.3 Å². The van der Waals surface area contributed by atoms with Gasteiger partial charge >= 0.3 is 5.97 Å². The number of allylic oxidation sites excluding steroid dienone is 1. The number of ether oxygens (including phenoxy) is 1. The Morgan fingerprint density at radius 3 is 2.69 bits per heavy atom. The van der Waals surface area contributed by atoms with Crippen molar-refractivity contribution in [2.45, 2.75) is 26.4 Å². The summed E-state index contributed by atoms with van der Waals surface area (Å²) in [6.07, 6.45) is 2.00. The van der Waals surface area contributed by atoms with Crippen LogP contribution in [0, 0.1) is 0 Å². The van der Waals surface area contributed by atoms with Crippen LogP contribution < -0.4 is 4.74 Å². The van der Waals surface area contributed by atoms with Crippen LogP contribution in [-0.4, -0.2) is 16.7 Å². The highest BCUT2D eigenvalue weighted by molar-refractivity contribution is 5.90. The molecule has 0 atom stereocenters. The van der Waals surface area contributed by atoms with Crippen LogP contribution >= 0.6 is 0 Å². The molecule has 0 radical (unpaired) electrons. The van der Waals surface area contributed by atoms with Crippen LogP contribution in [-0.2, 0) is 0 Å². The molecule has 0 fully saturated rings. The minimum atomic E-state index is -0.916. The van der Waals surface area contributed by atoms with Crippen LogP contribution in [0.1, 0.15) is 36.7 Å². The highest BCUT2D eigenvalue weighted by atomic mass is 16.5. The van der Waals surface area contributed by atoms with E-state index in [1.165, 1.54) is 0 Å². The zero-order valence-electron chi connectivity index (χ0n) is 9.57. The van der Waals surface area contributed by atoms with Crippen molar-refractivity contribution in [2.75, 3.05) is 0 Å². The zero-order valence-corrected chi connectivity index (χ0v) is 9.57. The monoisotopic (exact) mass is 218 g/mol. The quantitative estimate of drug-likeness (QED) is 0.788. The Balaban J connectivity index is 2.54. The van der Waals surface area contributed by atoms with E-state index >= 15 is 0 Å². The molecule has 16 heavy (non-hydrogen) atoms. The molecule has 84 valence electrons. The van der Waals surface area contributed by atoms with Gasteiger partial charge in [-0.2, -0.15) is 0 Å². The maximum atomic E-state index is 10.9. The largest absolute Gasteiger partial charge is 0.483 e. The maximum absolute atomic E-state index is 10.9. The molecule has 1 heterocycles. The van der Waals surface area contributed by atoms with Crippen LogP contribution in [0.5, 0.6) is 5.75 Å². The predicted molar refractivity (Wildman–Crippen MR) is 61.8 cm³/mol. The predicted octanol–water partition coefficient (Wildman–Crippen LogP) is 2.96. The summed E-state index contributed by atoms with van der Waals surface area (Å²) in [5.74, 6) is -0.171. The molecular weight excluding hydrogens is 204 g/mol. The van der Waals surface area contributed by atoms with E-state index < -0.39 is 5.97 Å². The van der Waals surface area contributed by atoms with Gasteiger partial charge in [-0.3, -0.25) is 0 Å². The summed E-state index contributed by atoms with van der Waals surface area (Å²) in [4.78, 5) is 10.9. The smallest absolute Gasteiger partial charge is 0.335 e. The van der Waals surface area contributed by atoms with E-state index in [9.17, 15) is 4.79 Å². The van der Waals surface area contributed by atoms with Crippen molar-refractivity contribution in [3.63, 3.8) is 0 Å². The fourth-order valence-electron chi connectivity index (χ4n) is 1.97. The molecule has 0 amide bonds. The second-order valence-corrected chi connectivity index (χ2v) is 4.55. The van der Waals surface area contributed by atoms with Gasteiger partial charge in [-0.05, 0) is 50.6 Å². The van der Waals surface area contributed by atoms with Gasteiger partial charge in [0.1, 0.15) is 11.4 Å². The molecule has 0 aromatic heterocycles. The van der Waals surface area contributed by atoms with Gasteiger partial charge in [0.05, 0.1) is 5.56 Å². The summed E-state index contributed by atoms with van der Waals surface area (Å²) in [5.41, 5.74) is 1.87. The third-order valence-electron chi connectivity index (χ3n) is 2.59. The van der Waals surface area contributed by atoms with Crippen LogP contribution in [0.25, 0.3) is 5.57 Å². The average Bonchev–Trinajstić information content (AvgIpc) is 2.15. The van der Waals surface area contributed by atoms with Crippen LogP contribution in [0.3, 0.4) is 0 Å². The summed E-state index contributed by atoms with van der Waals surface area (Å²) >= 11 is 0. The molecule has 0 saturated carbocycles. The summed E-state index contributed by atoms with van der Waals surface area (Å²) in [6.45, 7) is 5.92. The number of hydrogen-bond acceptors (Lipinski definition) is 2. The lowest BCUT2D eigenvalue weighted by molar-refractivity contribution is 0.0697. The Morgan fingerprint density at radius 1 is 1.38 bits per heavy atom. The summed E-state index contributed by atoms with van der Waals surface area (Å²) in [6, 6.07) is 4.94. The van der Waals surface area contributed by atoms with Crippen molar-refractivity contribution in [3.05, 3.63) is 35.4 Å². The molecule has 3 heteroatoms. The van der Waals surface area contributed by atoms with Gasteiger partial charge in [0.15, 0.2) is 0 Å². The van der Waals surface area contributed by atoms with Gasteiger partial charge in [-0.1, -0.05) is 0 Å². The second-order valence-electron chi connectivity index (χ2n) is 4.55. The number of carbonyl (C=O) groups is 1. The first-order valence-electron chi connectivity index (χ1n) is 5.15. The molecule has 0 bridgehead atoms. The van der Waals surface area contributed by atoms with E-state index in [4.69, 9.17) is 9.84 Å². The van der Waals surface area contributed by atoms with Gasteiger partial charge in [-0.15, -0.1) is 0 Å². The number of rotatable bonds is 1. The number of benzene rings is 1. The molecule has 0 aliphatic carbocycles. The molecule has 1 aliphatic rings. The lowest BCUT2D eigenvalue weighted by atomic mass is 9.94. The van der Waals surface area contributed by atoms with Gasteiger partial charge in [0.2, 0.25) is 0 Å². The van der Waals surface area contributed by atoms with Crippen molar-refractivity contribution < 1.29 is 14.6 Å². The highest BCUT2D eigenvalue weighted by Gasteiger charge is 2.25. The number of hydrogen-bond donors (Lipinski definition) is 1. The molecular formula is C13H14O3. The summed E-state index contributed by atoms with van der Waals surface area (Å²) < 4.78 is 5.76. The molecule has 1 aromatic carbocycles. The number of carboxylic acid groups (broad SMARTS) is 1. The third-order valence-corrected chi connectivity index (χ3v) is 2.59. The molecule has 1 aromatic rings. The number of carboxylic acids is 1. The van der Waals surface area contributed by atoms with Crippen LogP contribution in [0.2, 0.25) is 0 Å². The van der Waals surface area contributed by atoms with Crippen molar-refractivity contribution in [2.24, 2.45) is 0 Å². The SMILES string of the molecule is CC1=CC(C)(C)Oc2ccc(C(=O)O)cc21. The standard InChI is InChI=1S/C13H14O3/c1-8-7-13(2,3)16-11-5-4-9(12(14)15)6-10(8)11/h4-7H,1-3H3,(H,14,15). The lowest BCUT2D eigenvalue weighted by Gasteiger charge is -2.30. The first-order chi connectivity index (χ1) is 7.39. The average molecular weight is 218 g/mol. The first kappa shape index (κ1) is 10.7. The zero-order chi connectivity index (χ0) is 11.9. The van der Waals surface area contributed by atoms with Gasteiger partial charge in [-0.25, -0.2) is 4.79 Å². The molecule has 1 N–H and O–H groups in total. The molecule has 1 aliphatic heterocycles. The van der Waals surface area contributed by atoms with Crippen molar-refractivity contribution in [1.82, 2.24) is 0 Å². The van der Waals surface area contributed by atoms with E-state index in [1.54, 1.807) is 18.2 Å². The molecule has 2 rings (SSSR count). The van der Waals surface area contributed by atoms with Crippen molar-refractivity contribution in [3.8, 4) is 5.75 Å². The minimum Gasteiger partial charge on any atom is -0.483 e. The Kier molecular flexibility index (Phi) is 2.26. The fourth-order valence-corrected chi connectivity index (χ4v) is 1.97. The topological polar surface area (TPSA) is 46.5 Å².